The van der Waals surface area contributed by atoms with E-state index in [4.69, 9.17) is 4.74 Å². The van der Waals surface area contributed by atoms with Crippen LogP contribution in [-0.4, -0.2) is 22.6 Å². The van der Waals surface area contributed by atoms with Crippen LogP contribution in [0.3, 0.4) is 0 Å². The molecule has 1 aromatic rings. The summed E-state index contributed by atoms with van der Waals surface area (Å²) in [5, 5.41) is 11.1. The average molecular weight is 338 g/mol. The number of Topliss-reactive ketones (excluding diaryl/α,β-unsaturated/α-hetero) is 1. The van der Waals surface area contributed by atoms with E-state index in [9.17, 15) is 9.90 Å². The number of fused-ring (bicyclic) bond motifs is 5. The van der Waals surface area contributed by atoms with Crippen LogP contribution < -0.4 is 0 Å². The van der Waals surface area contributed by atoms with Crippen molar-refractivity contribution in [2.24, 2.45) is 11.8 Å². The first-order chi connectivity index (χ1) is 11.9. The molecule has 1 aromatic carbocycles. The number of benzene rings is 1. The first-order valence-corrected chi connectivity index (χ1v) is 9.32. The number of unbranched alkanes of at least 4 members (excludes halogenated alkanes) is 1. The zero-order valence-electron chi connectivity index (χ0n) is 15.4. The summed E-state index contributed by atoms with van der Waals surface area (Å²) in [7, 11) is 0. The minimum absolute atomic E-state index is 0.0466. The lowest BCUT2D eigenvalue weighted by Crippen LogP contribution is -2.36. The van der Waals surface area contributed by atoms with Crippen molar-refractivity contribution < 1.29 is 14.6 Å². The monoisotopic (exact) mass is 338 g/mol. The SMILES string of the molecule is CCCC[C@]12C=C[C@H](O1)[C@@H]1C(=O)C(c3c(C)cc(C)cc3C)=C(O)[C@@H]12. The van der Waals surface area contributed by atoms with E-state index in [1.165, 1.54) is 5.56 Å². The molecule has 1 saturated heterocycles. The molecule has 0 radical (unpaired) electrons. The molecule has 0 spiro atoms. The predicted molar refractivity (Wildman–Crippen MR) is 98.5 cm³/mol. The van der Waals surface area contributed by atoms with Crippen LogP contribution in [0.2, 0.25) is 0 Å². The quantitative estimate of drug-likeness (QED) is 0.817. The molecule has 132 valence electrons. The molecule has 2 bridgehead atoms. The van der Waals surface area contributed by atoms with Gasteiger partial charge in [-0.15, -0.1) is 0 Å². The van der Waals surface area contributed by atoms with Crippen molar-refractivity contribution in [1.29, 1.82) is 0 Å². The maximum absolute atomic E-state index is 13.3. The van der Waals surface area contributed by atoms with Gasteiger partial charge < -0.3 is 9.84 Å². The Hall–Kier alpha value is -1.87. The number of ketones is 1. The van der Waals surface area contributed by atoms with E-state index in [1.807, 2.05) is 19.9 Å². The Morgan fingerprint density at radius 2 is 1.88 bits per heavy atom. The van der Waals surface area contributed by atoms with Gasteiger partial charge in [0.05, 0.1) is 29.1 Å². The third-order valence-electron chi connectivity index (χ3n) is 6.11. The van der Waals surface area contributed by atoms with Gasteiger partial charge in [-0.3, -0.25) is 4.79 Å². The smallest absolute Gasteiger partial charge is 0.173 e. The van der Waals surface area contributed by atoms with Crippen molar-refractivity contribution in [3.8, 4) is 0 Å². The Bertz CT molecular complexity index is 794. The van der Waals surface area contributed by atoms with Gasteiger partial charge in [-0.25, -0.2) is 0 Å². The molecule has 3 aliphatic rings. The number of rotatable bonds is 4. The molecule has 1 aliphatic carbocycles. The van der Waals surface area contributed by atoms with Gasteiger partial charge in [0.2, 0.25) is 0 Å². The second kappa shape index (κ2) is 5.57. The maximum atomic E-state index is 13.3. The molecule has 0 saturated carbocycles. The minimum atomic E-state index is -0.501. The zero-order valence-corrected chi connectivity index (χ0v) is 15.4. The van der Waals surface area contributed by atoms with Gasteiger partial charge in [-0.05, 0) is 43.9 Å². The lowest BCUT2D eigenvalue weighted by Gasteiger charge is -2.30. The lowest BCUT2D eigenvalue weighted by atomic mass is 9.74. The van der Waals surface area contributed by atoms with Crippen molar-refractivity contribution >= 4 is 11.4 Å². The van der Waals surface area contributed by atoms with Crippen LogP contribution in [0.5, 0.6) is 0 Å². The Kier molecular flexibility index (Phi) is 3.69. The van der Waals surface area contributed by atoms with Crippen molar-refractivity contribution in [1.82, 2.24) is 0 Å². The van der Waals surface area contributed by atoms with Gasteiger partial charge in [0.25, 0.3) is 0 Å². The van der Waals surface area contributed by atoms with E-state index in [0.29, 0.717) is 5.57 Å². The van der Waals surface area contributed by atoms with Crippen molar-refractivity contribution in [2.45, 2.75) is 58.7 Å². The highest BCUT2D eigenvalue weighted by molar-refractivity contribution is 6.26. The molecule has 25 heavy (non-hydrogen) atoms. The highest BCUT2D eigenvalue weighted by Gasteiger charge is 2.64. The summed E-state index contributed by atoms with van der Waals surface area (Å²) in [6.45, 7) is 8.25. The first-order valence-electron chi connectivity index (χ1n) is 9.32. The van der Waals surface area contributed by atoms with Crippen molar-refractivity contribution in [3.63, 3.8) is 0 Å². The van der Waals surface area contributed by atoms with Gasteiger partial charge in [-0.1, -0.05) is 49.6 Å². The molecular formula is C22H26O3. The average Bonchev–Trinajstić information content (AvgIpc) is 3.18. The molecule has 0 aromatic heterocycles. The molecule has 1 fully saturated rings. The number of hydrogen-bond donors (Lipinski definition) is 1. The summed E-state index contributed by atoms with van der Waals surface area (Å²) in [6, 6.07) is 4.17. The predicted octanol–water partition coefficient (Wildman–Crippen LogP) is 4.59. The van der Waals surface area contributed by atoms with Crippen LogP contribution in [0.4, 0.5) is 0 Å². The summed E-state index contributed by atoms with van der Waals surface area (Å²) >= 11 is 0. The molecule has 2 heterocycles. The molecular weight excluding hydrogens is 312 g/mol. The third-order valence-corrected chi connectivity index (χ3v) is 6.11. The fourth-order valence-electron chi connectivity index (χ4n) is 5.18. The topological polar surface area (TPSA) is 46.5 Å². The number of hydrogen-bond acceptors (Lipinski definition) is 3. The van der Waals surface area contributed by atoms with E-state index >= 15 is 0 Å². The van der Waals surface area contributed by atoms with Crippen LogP contribution >= 0.6 is 0 Å². The molecule has 1 N–H and O–H groups in total. The van der Waals surface area contributed by atoms with Gasteiger partial charge >= 0.3 is 0 Å². The highest BCUT2D eigenvalue weighted by Crippen LogP contribution is 2.58. The van der Waals surface area contributed by atoms with Gasteiger partial charge in [0, 0.05) is 0 Å². The fraction of sp³-hybridized carbons (Fsp3) is 0.500. The number of allylic oxidation sites excluding steroid dienone is 1. The number of aryl methyl sites for hydroxylation is 3. The fourth-order valence-corrected chi connectivity index (χ4v) is 5.18. The second-order valence-corrected chi connectivity index (χ2v) is 7.90. The van der Waals surface area contributed by atoms with Crippen LogP contribution in [-0.2, 0) is 9.53 Å². The van der Waals surface area contributed by atoms with Crippen LogP contribution in [0.15, 0.2) is 30.0 Å². The zero-order chi connectivity index (χ0) is 17.9. The number of aliphatic hydroxyl groups is 1. The van der Waals surface area contributed by atoms with Gasteiger partial charge in [-0.2, -0.15) is 0 Å². The second-order valence-electron chi connectivity index (χ2n) is 7.90. The van der Waals surface area contributed by atoms with Crippen molar-refractivity contribution in [3.05, 3.63) is 52.3 Å². The molecule has 4 atom stereocenters. The van der Waals surface area contributed by atoms with Crippen LogP contribution in [0.1, 0.15) is 48.4 Å². The Labute approximate surface area is 149 Å². The molecule has 0 amide bonds. The van der Waals surface area contributed by atoms with Crippen molar-refractivity contribution in [2.75, 3.05) is 0 Å². The molecule has 4 rings (SSSR count). The number of ether oxygens (including phenoxy) is 1. The molecule has 2 aliphatic heterocycles. The summed E-state index contributed by atoms with van der Waals surface area (Å²) < 4.78 is 6.21. The summed E-state index contributed by atoms with van der Waals surface area (Å²) in [4.78, 5) is 13.3. The summed E-state index contributed by atoms with van der Waals surface area (Å²) in [5.74, 6) is -0.202. The largest absolute Gasteiger partial charge is 0.511 e. The van der Waals surface area contributed by atoms with E-state index in [1.54, 1.807) is 0 Å². The van der Waals surface area contributed by atoms with Crippen LogP contribution in [0, 0.1) is 32.6 Å². The minimum Gasteiger partial charge on any atom is -0.511 e. The Morgan fingerprint density at radius 3 is 2.52 bits per heavy atom. The van der Waals surface area contributed by atoms with Gasteiger partial charge in [0.15, 0.2) is 5.78 Å². The normalized spacial score (nSPS) is 32.8. The first kappa shape index (κ1) is 16.6. The summed E-state index contributed by atoms with van der Waals surface area (Å²) in [5.41, 5.74) is 4.22. The van der Waals surface area contributed by atoms with E-state index in [-0.39, 0.29) is 29.5 Å². The highest BCUT2D eigenvalue weighted by atomic mass is 16.5. The molecule has 3 nitrogen and oxygen atoms in total. The third kappa shape index (κ3) is 2.18. The maximum Gasteiger partial charge on any atom is 0.173 e. The molecule has 0 unspecified atom stereocenters. The van der Waals surface area contributed by atoms with E-state index in [0.717, 1.165) is 36.0 Å². The van der Waals surface area contributed by atoms with Gasteiger partial charge in [0.1, 0.15) is 5.76 Å². The summed E-state index contributed by atoms with van der Waals surface area (Å²) in [6.07, 6.45) is 6.88. The lowest BCUT2D eigenvalue weighted by molar-refractivity contribution is -0.118. The van der Waals surface area contributed by atoms with E-state index < -0.39 is 5.60 Å². The standard InChI is InChI=1S/C22H26O3/c1-5-6-8-22-9-7-15(25-22)17-19(22)21(24)18(20(17)23)16-13(3)10-12(2)11-14(16)4/h7,9-11,15,17,19,24H,5-6,8H2,1-4H3/t15-,17-,19+,22+/m0/s1. The number of carbonyl (C=O) groups excluding carboxylic acids is 1. The Morgan fingerprint density at radius 1 is 1.20 bits per heavy atom. The van der Waals surface area contributed by atoms with E-state index in [2.05, 4.69) is 32.1 Å². The number of aliphatic hydroxyl groups excluding tert-OH is 1. The van der Waals surface area contributed by atoms with Crippen LogP contribution in [0.25, 0.3) is 5.57 Å². The molecule has 3 heteroatoms. The number of carbonyl (C=O) groups is 1. The Balaban J connectivity index is 1.83.